The monoisotopic (exact) mass is 118 g/mol. The second-order valence-electron chi connectivity index (χ2n) is 1.20. The van der Waals surface area contributed by atoms with Crippen molar-refractivity contribution in [3.63, 3.8) is 0 Å². The molecule has 3 heteroatoms. The number of hydrogen-bond donors (Lipinski definition) is 0. The first-order valence-corrected chi connectivity index (χ1v) is 2.44. The first-order chi connectivity index (χ1) is 3.85. The molecule has 0 aromatic rings. The molecule has 1 unspecified atom stereocenters. The Morgan fingerprint density at radius 1 is 1.75 bits per heavy atom. The van der Waals surface area contributed by atoms with Crippen LogP contribution in [0.2, 0.25) is 0 Å². The molecule has 0 saturated heterocycles. The summed E-state index contributed by atoms with van der Waals surface area (Å²) < 4.78 is 9.30. The molecule has 0 aliphatic carbocycles. The molecule has 0 fully saturated rings. The summed E-state index contributed by atoms with van der Waals surface area (Å²) in [5, 5.41) is 0. The lowest BCUT2D eigenvalue weighted by Gasteiger charge is -2.05. The fourth-order valence-electron chi connectivity index (χ4n) is 0.327. The van der Waals surface area contributed by atoms with E-state index in [2.05, 4.69) is 4.74 Å². The number of hydrogen-bond acceptors (Lipinski definition) is 3. The van der Waals surface area contributed by atoms with Crippen molar-refractivity contribution in [1.82, 2.24) is 0 Å². The second-order valence-corrected chi connectivity index (χ2v) is 1.20. The Labute approximate surface area is 48.6 Å². The molecule has 1 atom stereocenters. The Bertz CT molecular complexity index is 62.7. The van der Waals surface area contributed by atoms with Crippen LogP contribution in [0, 0.1) is 0 Å². The highest BCUT2D eigenvalue weighted by Gasteiger charge is 2.00. The smallest absolute Gasteiger partial charge is 0.214 e. The third-order valence-corrected chi connectivity index (χ3v) is 0.674. The van der Waals surface area contributed by atoms with Crippen LogP contribution < -0.4 is 0 Å². The Kier molecular flexibility index (Phi) is 4.50. The lowest BCUT2D eigenvalue weighted by molar-refractivity contribution is -0.148. The van der Waals surface area contributed by atoms with Crippen LogP contribution >= 0.6 is 0 Å². The lowest BCUT2D eigenvalue weighted by atomic mass is 10.7. The third-order valence-electron chi connectivity index (χ3n) is 0.674. The Morgan fingerprint density at radius 3 is 2.50 bits per heavy atom. The molecule has 48 valence electrons. The summed E-state index contributed by atoms with van der Waals surface area (Å²) in [6, 6.07) is 0. The lowest BCUT2D eigenvalue weighted by Crippen LogP contribution is -2.15. The molecule has 0 aromatic carbocycles. The molecule has 0 rings (SSSR count). The quantitative estimate of drug-likeness (QED) is 0.390. The van der Waals surface area contributed by atoms with Gasteiger partial charge in [0, 0.05) is 13.7 Å². The highest BCUT2D eigenvalue weighted by atomic mass is 16.7. The van der Waals surface area contributed by atoms with Crippen LogP contribution in [0.25, 0.3) is 0 Å². The topological polar surface area (TPSA) is 35.5 Å². The van der Waals surface area contributed by atoms with Crippen LogP contribution in [0.5, 0.6) is 0 Å². The molecular weight excluding hydrogens is 108 g/mol. The van der Waals surface area contributed by atoms with Crippen molar-refractivity contribution in [3.8, 4) is 0 Å². The first-order valence-electron chi connectivity index (χ1n) is 2.44. The van der Waals surface area contributed by atoms with Gasteiger partial charge in [0.1, 0.15) is 0 Å². The molecule has 3 nitrogen and oxygen atoms in total. The molecule has 0 spiro atoms. The predicted octanol–water partition coefficient (Wildman–Crippen LogP) is 0.194. The van der Waals surface area contributed by atoms with Crippen LogP contribution in [0.3, 0.4) is 0 Å². The summed E-state index contributed by atoms with van der Waals surface area (Å²) in [6.45, 7) is 2.30. The van der Waals surface area contributed by atoms with Gasteiger partial charge in [0.25, 0.3) is 0 Å². The van der Waals surface area contributed by atoms with Crippen LogP contribution in [0.4, 0.5) is 0 Å². The molecular formula is C5H10O3. The number of methoxy groups -OCH3 is 1. The summed E-state index contributed by atoms with van der Waals surface area (Å²) in [4.78, 5) is 9.88. The van der Waals surface area contributed by atoms with E-state index in [4.69, 9.17) is 4.74 Å². The average Bonchev–Trinajstić information content (AvgIpc) is 1.83. The molecule has 0 N–H and O–H groups in total. The van der Waals surface area contributed by atoms with Crippen molar-refractivity contribution >= 4 is 6.29 Å². The Morgan fingerprint density at radius 2 is 2.38 bits per heavy atom. The third kappa shape index (κ3) is 2.71. The molecule has 0 bridgehead atoms. The first kappa shape index (κ1) is 7.59. The SMILES string of the molecule is CCOC(C=O)OC. The maximum absolute atomic E-state index is 9.88. The van der Waals surface area contributed by atoms with Gasteiger partial charge in [-0.2, -0.15) is 0 Å². The number of ether oxygens (including phenoxy) is 2. The minimum absolute atomic E-state index is 0.497. The van der Waals surface area contributed by atoms with E-state index in [0.29, 0.717) is 12.9 Å². The summed E-state index contributed by atoms with van der Waals surface area (Å²) in [5.74, 6) is 0. The number of carbonyl (C=O) groups is 1. The molecule has 0 saturated carbocycles. The van der Waals surface area contributed by atoms with Gasteiger partial charge >= 0.3 is 0 Å². The van der Waals surface area contributed by atoms with Crippen molar-refractivity contribution < 1.29 is 14.3 Å². The largest absolute Gasteiger partial charge is 0.350 e. The summed E-state index contributed by atoms with van der Waals surface area (Å²) in [6.07, 6.45) is -0.0660. The van der Waals surface area contributed by atoms with Gasteiger partial charge in [-0.1, -0.05) is 0 Å². The van der Waals surface area contributed by atoms with E-state index in [0.717, 1.165) is 0 Å². The molecule has 0 heterocycles. The van der Waals surface area contributed by atoms with Crippen LogP contribution in [0.15, 0.2) is 0 Å². The van der Waals surface area contributed by atoms with E-state index in [9.17, 15) is 4.79 Å². The van der Waals surface area contributed by atoms with Crippen molar-refractivity contribution in [3.05, 3.63) is 0 Å². The van der Waals surface area contributed by atoms with Gasteiger partial charge in [0.15, 0.2) is 6.29 Å². The van der Waals surface area contributed by atoms with Crippen LogP contribution in [-0.4, -0.2) is 26.3 Å². The highest BCUT2D eigenvalue weighted by molar-refractivity contribution is 5.53. The maximum atomic E-state index is 9.88. The van der Waals surface area contributed by atoms with Crippen molar-refractivity contribution in [2.24, 2.45) is 0 Å². The van der Waals surface area contributed by atoms with Gasteiger partial charge in [-0.3, -0.25) is 4.79 Å². The molecule has 0 aliphatic rings. The summed E-state index contributed by atoms with van der Waals surface area (Å²) in [7, 11) is 1.43. The maximum Gasteiger partial charge on any atom is 0.214 e. The van der Waals surface area contributed by atoms with Crippen molar-refractivity contribution in [2.75, 3.05) is 13.7 Å². The van der Waals surface area contributed by atoms with E-state index in [1.807, 2.05) is 0 Å². The average molecular weight is 118 g/mol. The Balaban J connectivity index is 3.21. The number of rotatable bonds is 4. The minimum atomic E-state index is -0.681. The predicted molar refractivity (Wildman–Crippen MR) is 28.5 cm³/mol. The van der Waals surface area contributed by atoms with E-state index in [-0.39, 0.29) is 0 Å². The van der Waals surface area contributed by atoms with Gasteiger partial charge in [-0.05, 0) is 6.92 Å². The number of carbonyl (C=O) groups excluding carboxylic acids is 1. The van der Waals surface area contributed by atoms with E-state index < -0.39 is 6.29 Å². The molecule has 0 aromatic heterocycles. The van der Waals surface area contributed by atoms with Crippen molar-refractivity contribution in [2.45, 2.75) is 13.2 Å². The zero-order chi connectivity index (χ0) is 6.41. The van der Waals surface area contributed by atoms with E-state index in [1.54, 1.807) is 6.92 Å². The molecule has 0 aliphatic heterocycles. The van der Waals surface area contributed by atoms with Gasteiger partial charge in [0.05, 0.1) is 0 Å². The zero-order valence-electron chi connectivity index (χ0n) is 5.09. The van der Waals surface area contributed by atoms with E-state index in [1.165, 1.54) is 7.11 Å². The fourth-order valence-corrected chi connectivity index (χ4v) is 0.327. The number of aldehydes is 1. The molecule has 0 radical (unpaired) electrons. The van der Waals surface area contributed by atoms with Crippen molar-refractivity contribution in [1.29, 1.82) is 0 Å². The van der Waals surface area contributed by atoms with Gasteiger partial charge in [-0.15, -0.1) is 0 Å². The molecule has 0 amide bonds. The van der Waals surface area contributed by atoms with Crippen LogP contribution in [0.1, 0.15) is 6.92 Å². The van der Waals surface area contributed by atoms with Gasteiger partial charge in [-0.25, -0.2) is 0 Å². The molecule has 8 heavy (non-hydrogen) atoms. The minimum Gasteiger partial charge on any atom is -0.350 e. The summed E-state index contributed by atoms with van der Waals surface area (Å²) >= 11 is 0. The standard InChI is InChI=1S/C5H10O3/c1-3-8-5(4-6)7-2/h4-5H,3H2,1-2H3. The summed E-state index contributed by atoms with van der Waals surface area (Å²) in [5.41, 5.74) is 0. The van der Waals surface area contributed by atoms with Gasteiger partial charge < -0.3 is 9.47 Å². The second kappa shape index (κ2) is 4.74. The normalized spacial score (nSPS) is 13.2. The van der Waals surface area contributed by atoms with Gasteiger partial charge in [0.2, 0.25) is 6.29 Å². The highest BCUT2D eigenvalue weighted by Crippen LogP contribution is 1.85. The zero-order valence-corrected chi connectivity index (χ0v) is 5.09. The Hall–Kier alpha value is -0.410. The van der Waals surface area contributed by atoms with Crippen LogP contribution in [-0.2, 0) is 14.3 Å². The van der Waals surface area contributed by atoms with E-state index >= 15 is 0 Å². The fraction of sp³-hybridized carbons (Fsp3) is 0.800.